The van der Waals surface area contributed by atoms with Crippen molar-refractivity contribution in [3.63, 3.8) is 0 Å². The van der Waals surface area contributed by atoms with Crippen LogP contribution in [0.4, 0.5) is 5.69 Å². The summed E-state index contributed by atoms with van der Waals surface area (Å²) in [5, 5.41) is 28.9. The Morgan fingerprint density at radius 3 is 2.60 bits per heavy atom. The Bertz CT molecular complexity index is 733. The highest BCUT2D eigenvalue weighted by Gasteiger charge is 2.19. The van der Waals surface area contributed by atoms with Gasteiger partial charge in [0.25, 0.3) is 10.1 Å². The first-order valence-electron chi connectivity index (χ1n) is 5.06. The van der Waals surface area contributed by atoms with E-state index in [4.69, 9.17) is 21.0 Å². The molecule has 0 aliphatic heterocycles. The molecule has 10 heteroatoms. The van der Waals surface area contributed by atoms with Gasteiger partial charge < -0.3 is 10.8 Å². The smallest absolute Gasteiger partial charge is 0.298 e. The molecule has 1 aromatic carbocycles. The molecule has 0 unspecified atom stereocenters. The summed E-state index contributed by atoms with van der Waals surface area (Å²) < 4.78 is 31.1. The van der Waals surface area contributed by atoms with Crippen LogP contribution in [0.3, 0.4) is 0 Å². The van der Waals surface area contributed by atoms with Gasteiger partial charge in [0.05, 0.1) is 5.69 Å². The third kappa shape index (κ3) is 3.44. The van der Waals surface area contributed by atoms with Crippen molar-refractivity contribution in [2.24, 2.45) is 10.8 Å². The lowest BCUT2D eigenvalue weighted by Gasteiger charge is -2.09. The number of nitriles is 1. The minimum absolute atomic E-state index is 0.161. The normalized spacial score (nSPS) is 11.8. The van der Waals surface area contributed by atoms with Crippen LogP contribution in [-0.4, -0.2) is 29.6 Å². The number of benzene rings is 1. The highest BCUT2D eigenvalue weighted by Crippen LogP contribution is 2.32. The molecule has 1 aromatic rings. The van der Waals surface area contributed by atoms with Crippen molar-refractivity contribution in [1.82, 2.24) is 0 Å². The Morgan fingerprint density at radius 2 is 2.15 bits per heavy atom. The summed E-state index contributed by atoms with van der Waals surface area (Å²) in [6.45, 7) is 1.53. The second kappa shape index (κ2) is 5.55. The van der Waals surface area contributed by atoms with E-state index in [-0.39, 0.29) is 5.69 Å². The molecule has 9 nitrogen and oxygen atoms in total. The molecule has 0 heterocycles. The quantitative estimate of drug-likeness (QED) is 0.173. The molecule has 0 saturated heterocycles. The van der Waals surface area contributed by atoms with Crippen molar-refractivity contribution in [2.75, 3.05) is 5.43 Å². The minimum atomic E-state index is -4.61. The molecule has 1 rings (SSSR count). The Kier molecular flexibility index (Phi) is 4.28. The van der Waals surface area contributed by atoms with Crippen LogP contribution >= 0.6 is 0 Å². The van der Waals surface area contributed by atoms with Crippen LogP contribution in [0.15, 0.2) is 22.1 Å². The number of phenolic OH excluding ortho intramolecular Hbond substituents is 1. The molecule has 0 saturated carbocycles. The fourth-order valence-electron chi connectivity index (χ4n) is 1.29. The molecule has 0 spiro atoms. The van der Waals surface area contributed by atoms with Gasteiger partial charge >= 0.3 is 0 Å². The summed E-state index contributed by atoms with van der Waals surface area (Å²) in [5.41, 5.74) is 7.09. The fraction of sp³-hybridized carbons (Fsp3) is 0.100. The molecule has 0 aliphatic rings. The molecule has 0 aliphatic carbocycles. The van der Waals surface area contributed by atoms with Gasteiger partial charge in [-0.2, -0.15) is 18.8 Å². The Hall–Kier alpha value is -2.64. The molecule has 106 valence electrons. The van der Waals surface area contributed by atoms with Crippen molar-refractivity contribution < 1.29 is 18.1 Å². The van der Waals surface area contributed by atoms with Gasteiger partial charge in [-0.3, -0.25) is 15.4 Å². The lowest BCUT2D eigenvalue weighted by Crippen LogP contribution is -2.21. The van der Waals surface area contributed by atoms with Crippen LogP contribution in [-0.2, 0) is 10.1 Å². The summed E-state index contributed by atoms with van der Waals surface area (Å²) in [6.07, 6.45) is 0. The second-order valence-electron chi connectivity index (χ2n) is 3.73. The van der Waals surface area contributed by atoms with Gasteiger partial charge in [0.2, 0.25) is 5.71 Å². The number of nitrogens with zero attached hydrogens (tertiary/aromatic N) is 2. The zero-order valence-corrected chi connectivity index (χ0v) is 11.1. The van der Waals surface area contributed by atoms with Crippen LogP contribution in [0, 0.1) is 23.7 Å². The van der Waals surface area contributed by atoms with E-state index in [9.17, 15) is 13.5 Å². The molecule has 0 aromatic heterocycles. The minimum Gasteiger partial charge on any atom is -0.504 e. The monoisotopic (exact) mass is 297 g/mol. The van der Waals surface area contributed by atoms with Crippen LogP contribution in [0.5, 0.6) is 5.75 Å². The number of anilines is 1. The van der Waals surface area contributed by atoms with Gasteiger partial charge in [0.1, 0.15) is 11.0 Å². The zero-order chi connectivity index (χ0) is 15.5. The molecule has 0 fully saturated rings. The summed E-state index contributed by atoms with van der Waals surface area (Å²) in [6, 6.07) is 3.94. The fourth-order valence-corrected chi connectivity index (χ4v) is 1.98. The predicted octanol–water partition coefficient (Wildman–Crippen LogP) is 0.175. The molecule has 20 heavy (non-hydrogen) atoms. The number of nitrogens with one attached hydrogen (secondary N) is 2. The maximum atomic E-state index is 11.1. The van der Waals surface area contributed by atoms with E-state index in [1.54, 1.807) is 0 Å². The standard InChI is InChI=1S/C10H11N5O4S/c1-5-2-6(14-15-7(4-11)10(12)13)9(16)8(3-5)20(17,18)19/h2-3,14,16H,1H3,(H3,12,13)(H,17,18,19)/b15-7+. The lowest BCUT2D eigenvalue weighted by atomic mass is 10.2. The molecule has 6 N–H and O–H groups in total. The number of phenols is 1. The van der Waals surface area contributed by atoms with Crippen LogP contribution < -0.4 is 11.2 Å². The van der Waals surface area contributed by atoms with Crippen molar-refractivity contribution in [2.45, 2.75) is 11.8 Å². The summed E-state index contributed by atoms with van der Waals surface area (Å²) in [5.74, 6) is -1.36. The lowest BCUT2D eigenvalue weighted by molar-refractivity contribution is 0.444. The SMILES string of the molecule is Cc1cc(N/N=C(\C#N)C(=N)N)c(O)c(S(=O)(=O)O)c1. The van der Waals surface area contributed by atoms with E-state index in [0.717, 1.165) is 6.07 Å². The molecule has 0 atom stereocenters. The number of hydrazone groups is 1. The molecule has 0 radical (unpaired) electrons. The van der Waals surface area contributed by atoms with E-state index in [2.05, 4.69) is 10.5 Å². The average Bonchev–Trinajstić information content (AvgIpc) is 2.31. The van der Waals surface area contributed by atoms with Gasteiger partial charge in [-0.05, 0) is 24.6 Å². The van der Waals surface area contributed by atoms with Gasteiger partial charge in [-0.15, -0.1) is 0 Å². The molecule has 0 amide bonds. The van der Waals surface area contributed by atoms with Gasteiger partial charge in [-0.1, -0.05) is 0 Å². The number of hydrogen-bond acceptors (Lipinski definition) is 7. The first-order chi connectivity index (χ1) is 9.16. The zero-order valence-electron chi connectivity index (χ0n) is 10.2. The van der Waals surface area contributed by atoms with E-state index in [1.165, 1.54) is 19.1 Å². The highest BCUT2D eigenvalue weighted by molar-refractivity contribution is 7.86. The summed E-state index contributed by atoms with van der Waals surface area (Å²) in [7, 11) is -4.61. The molecular formula is C10H11N5O4S. The van der Waals surface area contributed by atoms with Crippen molar-refractivity contribution in [3.05, 3.63) is 17.7 Å². The number of amidine groups is 1. The molecule has 0 bridgehead atoms. The van der Waals surface area contributed by atoms with E-state index in [0.29, 0.717) is 5.56 Å². The highest BCUT2D eigenvalue weighted by atomic mass is 32.2. The van der Waals surface area contributed by atoms with Gasteiger partial charge in [0.15, 0.2) is 11.6 Å². The Balaban J connectivity index is 3.32. The van der Waals surface area contributed by atoms with Gasteiger partial charge in [-0.25, -0.2) is 0 Å². The summed E-state index contributed by atoms with van der Waals surface area (Å²) >= 11 is 0. The Morgan fingerprint density at radius 1 is 1.55 bits per heavy atom. The summed E-state index contributed by atoms with van der Waals surface area (Å²) in [4.78, 5) is -0.698. The van der Waals surface area contributed by atoms with Crippen LogP contribution in [0.1, 0.15) is 5.56 Å². The van der Waals surface area contributed by atoms with Crippen LogP contribution in [0.25, 0.3) is 0 Å². The second-order valence-corrected chi connectivity index (χ2v) is 5.12. The van der Waals surface area contributed by atoms with Crippen LogP contribution in [0.2, 0.25) is 0 Å². The number of aromatic hydroxyl groups is 1. The maximum absolute atomic E-state index is 11.1. The Labute approximate surface area is 114 Å². The van der Waals surface area contributed by atoms with E-state index in [1.807, 2.05) is 0 Å². The van der Waals surface area contributed by atoms with E-state index >= 15 is 0 Å². The van der Waals surface area contributed by atoms with Gasteiger partial charge in [0, 0.05) is 0 Å². The topological polar surface area (TPSA) is 173 Å². The first kappa shape index (κ1) is 15.4. The van der Waals surface area contributed by atoms with E-state index < -0.39 is 32.3 Å². The first-order valence-corrected chi connectivity index (χ1v) is 6.50. The number of aryl methyl sites for hydroxylation is 1. The van der Waals surface area contributed by atoms with Crippen molar-refractivity contribution in [3.8, 4) is 11.8 Å². The number of rotatable bonds is 4. The predicted molar refractivity (Wildman–Crippen MR) is 71.2 cm³/mol. The number of nitrogens with two attached hydrogens (primary N) is 1. The average molecular weight is 297 g/mol. The van der Waals surface area contributed by atoms with Crippen molar-refractivity contribution in [1.29, 1.82) is 10.7 Å². The van der Waals surface area contributed by atoms with Crippen molar-refractivity contribution >= 4 is 27.4 Å². The molecular weight excluding hydrogens is 286 g/mol. The number of hydrogen-bond donors (Lipinski definition) is 5. The largest absolute Gasteiger partial charge is 0.504 e. The third-order valence-electron chi connectivity index (χ3n) is 2.15. The third-order valence-corrected chi connectivity index (χ3v) is 3.01. The maximum Gasteiger partial charge on any atom is 0.298 e.